The number of aromatic nitrogens is 1. The van der Waals surface area contributed by atoms with Gasteiger partial charge in [0.25, 0.3) is 0 Å². The molecule has 0 unspecified atom stereocenters. The number of carbonyl (C=O) groups excluding carboxylic acids is 2. The fraction of sp³-hybridized carbons (Fsp3) is 0.410. The highest BCUT2D eigenvalue weighted by Gasteiger charge is 2.38. The molecule has 0 bridgehead atoms. The first kappa shape index (κ1) is 34.1. The van der Waals surface area contributed by atoms with E-state index in [1.807, 2.05) is 66.7 Å². The lowest BCUT2D eigenvalue weighted by Crippen LogP contribution is -2.53. The number of nitrogens with zero attached hydrogens (tertiary/aromatic N) is 2. The third-order valence-electron chi connectivity index (χ3n) is 8.94. The van der Waals surface area contributed by atoms with Gasteiger partial charge in [0.2, 0.25) is 11.8 Å². The second-order valence-corrected chi connectivity index (χ2v) is 12.5. The molecule has 0 spiro atoms. The van der Waals surface area contributed by atoms with Crippen LogP contribution in [0.4, 0.5) is 0 Å². The van der Waals surface area contributed by atoms with Gasteiger partial charge in [-0.15, -0.1) is 0 Å². The topological polar surface area (TPSA) is 104 Å². The lowest BCUT2D eigenvalue weighted by molar-refractivity contribution is -0.138. The molecule has 2 amide bonds. The molecule has 5 rings (SSSR count). The fourth-order valence-corrected chi connectivity index (χ4v) is 6.39. The number of carbonyl (C=O) groups is 2. The van der Waals surface area contributed by atoms with Gasteiger partial charge in [-0.3, -0.25) is 19.5 Å². The van der Waals surface area contributed by atoms with Crippen LogP contribution in [0, 0.1) is 11.8 Å². The molecule has 0 saturated carbocycles. The maximum atomic E-state index is 13.5. The van der Waals surface area contributed by atoms with Crippen molar-refractivity contribution in [2.45, 2.75) is 51.0 Å². The van der Waals surface area contributed by atoms with Crippen LogP contribution in [-0.4, -0.2) is 72.2 Å². The van der Waals surface area contributed by atoms with Crippen LogP contribution in [-0.2, 0) is 22.4 Å². The Hall–Kier alpha value is -4.27. The first-order valence-corrected chi connectivity index (χ1v) is 17.1. The van der Waals surface area contributed by atoms with E-state index < -0.39 is 17.9 Å². The van der Waals surface area contributed by atoms with Crippen molar-refractivity contribution in [1.29, 1.82) is 0 Å². The summed E-state index contributed by atoms with van der Waals surface area (Å²) >= 11 is 0. The number of rotatable bonds is 17. The van der Waals surface area contributed by atoms with Gasteiger partial charge in [0.15, 0.2) is 0 Å². The highest BCUT2D eigenvalue weighted by atomic mass is 16.5. The molecule has 248 valence electrons. The lowest BCUT2D eigenvalue weighted by Gasteiger charge is -2.37. The summed E-state index contributed by atoms with van der Waals surface area (Å²) in [6.45, 7) is 2.69. The zero-order valence-corrected chi connectivity index (χ0v) is 27.2. The van der Waals surface area contributed by atoms with Gasteiger partial charge in [-0.2, -0.15) is 0 Å². The summed E-state index contributed by atoms with van der Waals surface area (Å²) in [5.74, 6) is -0.353. The smallest absolute Gasteiger partial charge is 0.225 e. The summed E-state index contributed by atoms with van der Waals surface area (Å²) in [5.41, 5.74) is 3.43. The normalized spacial score (nSPS) is 17.2. The Kier molecular flexibility index (Phi) is 13.2. The van der Waals surface area contributed by atoms with E-state index in [0.717, 1.165) is 49.4 Å². The maximum absolute atomic E-state index is 13.5. The van der Waals surface area contributed by atoms with Crippen LogP contribution < -0.4 is 15.4 Å². The maximum Gasteiger partial charge on any atom is 0.225 e. The second-order valence-electron chi connectivity index (χ2n) is 12.5. The number of ether oxygens (including phenoxy) is 1. The summed E-state index contributed by atoms with van der Waals surface area (Å²) < 4.78 is 6.00. The zero-order chi connectivity index (χ0) is 32.7. The van der Waals surface area contributed by atoms with Crippen LogP contribution >= 0.6 is 0 Å². The molecule has 1 aliphatic heterocycles. The Labute approximate surface area is 278 Å². The molecule has 0 aliphatic carbocycles. The molecule has 47 heavy (non-hydrogen) atoms. The van der Waals surface area contributed by atoms with Crippen LogP contribution in [0.2, 0.25) is 0 Å². The quantitative estimate of drug-likeness (QED) is 0.138. The second kappa shape index (κ2) is 18.2. The van der Waals surface area contributed by atoms with Gasteiger partial charge < -0.3 is 20.5 Å². The number of fused-ring (bicyclic) bond motifs is 1. The number of piperidine rings is 1. The standard InChI is InChI=1S/C39H48N4O4/c44-32(29-47-37-21-11-20-36-34(37)19-12-25-40-36)27-43-26-22-33(38(45)41-23-9-7-17-30-13-3-1-4-14-30)35(28-43)39(46)42-24-10-8-18-31-15-5-2-6-16-31/h1-6,11-16,19-21,25,32-33,35,44H,7-10,17-18,22-24,26-29H2,(H,41,45)(H,42,46)/t32-,33+,35-/m1/s1. The number of aliphatic hydroxyl groups is 1. The summed E-state index contributed by atoms with van der Waals surface area (Å²) in [6.07, 6.45) is 7.23. The third kappa shape index (κ3) is 10.6. The lowest BCUT2D eigenvalue weighted by atomic mass is 9.83. The van der Waals surface area contributed by atoms with Crippen LogP contribution in [0.3, 0.4) is 0 Å². The van der Waals surface area contributed by atoms with Crippen LogP contribution in [0.25, 0.3) is 10.9 Å². The number of hydrogen-bond acceptors (Lipinski definition) is 6. The largest absolute Gasteiger partial charge is 0.490 e. The van der Waals surface area contributed by atoms with Gasteiger partial charge in [0, 0.05) is 37.8 Å². The van der Waals surface area contributed by atoms with E-state index in [2.05, 4.69) is 44.8 Å². The molecular weight excluding hydrogens is 588 g/mol. The average molecular weight is 637 g/mol. The number of hydrogen-bond donors (Lipinski definition) is 3. The summed E-state index contributed by atoms with van der Waals surface area (Å²) in [5, 5.41) is 18.0. The van der Waals surface area contributed by atoms with E-state index in [9.17, 15) is 14.7 Å². The van der Waals surface area contributed by atoms with Gasteiger partial charge >= 0.3 is 0 Å². The molecule has 0 radical (unpaired) electrons. The Morgan fingerprint density at radius 3 is 2.09 bits per heavy atom. The Morgan fingerprint density at radius 2 is 1.43 bits per heavy atom. The number of likely N-dealkylation sites (tertiary alicyclic amines) is 1. The van der Waals surface area contributed by atoms with Crippen molar-refractivity contribution in [3.63, 3.8) is 0 Å². The number of unbranched alkanes of at least 4 members (excludes halogenated alkanes) is 2. The predicted molar refractivity (Wildman–Crippen MR) is 186 cm³/mol. The van der Waals surface area contributed by atoms with Gasteiger partial charge in [0.05, 0.1) is 17.4 Å². The number of aryl methyl sites for hydroxylation is 2. The van der Waals surface area contributed by atoms with E-state index in [-0.39, 0.29) is 18.4 Å². The van der Waals surface area contributed by atoms with Crippen molar-refractivity contribution in [2.24, 2.45) is 11.8 Å². The van der Waals surface area contributed by atoms with Gasteiger partial charge in [-0.1, -0.05) is 66.7 Å². The van der Waals surface area contributed by atoms with Crippen LogP contribution in [0.1, 0.15) is 43.2 Å². The van der Waals surface area contributed by atoms with Gasteiger partial charge in [-0.05, 0) is 86.9 Å². The highest BCUT2D eigenvalue weighted by Crippen LogP contribution is 2.26. The monoisotopic (exact) mass is 636 g/mol. The fourth-order valence-electron chi connectivity index (χ4n) is 6.39. The van der Waals surface area contributed by atoms with Crippen LogP contribution in [0.5, 0.6) is 5.75 Å². The highest BCUT2D eigenvalue weighted by molar-refractivity contribution is 5.88. The van der Waals surface area contributed by atoms with E-state index in [1.54, 1.807) is 6.20 Å². The Balaban J connectivity index is 1.12. The summed E-state index contributed by atoms with van der Waals surface area (Å²) in [7, 11) is 0. The van der Waals surface area contributed by atoms with Crippen molar-refractivity contribution >= 4 is 22.7 Å². The van der Waals surface area contributed by atoms with E-state index in [4.69, 9.17) is 4.74 Å². The summed E-state index contributed by atoms with van der Waals surface area (Å²) in [4.78, 5) is 33.4. The summed E-state index contributed by atoms with van der Waals surface area (Å²) in [6, 6.07) is 30.2. The molecule has 3 N–H and O–H groups in total. The number of benzene rings is 3. The first-order valence-electron chi connectivity index (χ1n) is 17.1. The molecule has 1 aliphatic rings. The van der Waals surface area contributed by atoms with Crippen molar-refractivity contribution < 1.29 is 19.4 Å². The number of nitrogens with one attached hydrogen (secondary N) is 2. The zero-order valence-electron chi connectivity index (χ0n) is 27.2. The predicted octanol–water partition coefficient (Wildman–Crippen LogP) is 5.19. The van der Waals surface area contributed by atoms with Crippen molar-refractivity contribution in [2.75, 3.05) is 39.3 Å². The minimum atomic E-state index is -0.751. The van der Waals surface area contributed by atoms with Crippen molar-refractivity contribution in [3.8, 4) is 5.75 Å². The SMILES string of the molecule is O=C(NCCCCc1ccccc1)[C@H]1CCN(C[C@@H](O)COc2cccc3ncccc23)C[C@H]1C(=O)NCCCCc1ccccc1. The molecular formula is C39H48N4O4. The molecule has 2 heterocycles. The number of amides is 2. The number of β-amino-alcohol motifs (C(OH)–C–C–N with tert-alkyl or cyclic N) is 1. The third-order valence-corrected chi connectivity index (χ3v) is 8.94. The Bertz CT molecular complexity index is 1530. The van der Waals surface area contributed by atoms with E-state index in [0.29, 0.717) is 44.9 Å². The molecule has 1 saturated heterocycles. The first-order chi connectivity index (χ1) is 23.1. The van der Waals surface area contributed by atoms with E-state index >= 15 is 0 Å². The minimum absolute atomic E-state index is 0.0537. The molecule has 1 aromatic heterocycles. The number of pyridine rings is 1. The molecule has 4 aromatic rings. The molecule has 8 nitrogen and oxygen atoms in total. The van der Waals surface area contributed by atoms with Crippen molar-refractivity contribution in [1.82, 2.24) is 20.5 Å². The molecule has 3 atom stereocenters. The van der Waals surface area contributed by atoms with E-state index in [1.165, 1.54) is 11.1 Å². The molecule has 3 aromatic carbocycles. The van der Waals surface area contributed by atoms with Crippen molar-refractivity contribution in [3.05, 3.63) is 108 Å². The average Bonchev–Trinajstić information content (AvgIpc) is 3.11. The van der Waals surface area contributed by atoms with Gasteiger partial charge in [-0.25, -0.2) is 0 Å². The Morgan fingerprint density at radius 1 is 0.787 bits per heavy atom. The molecule has 1 fully saturated rings. The minimum Gasteiger partial charge on any atom is -0.490 e. The number of aliphatic hydroxyl groups excluding tert-OH is 1. The molecule has 8 heteroatoms. The van der Waals surface area contributed by atoms with Gasteiger partial charge in [0.1, 0.15) is 18.5 Å². The van der Waals surface area contributed by atoms with Crippen LogP contribution in [0.15, 0.2) is 97.2 Å².